The third kappa shape index (κ3) is 6.69. The SMILES string of the molecule is CN1CCCCC1CNc1nc(NCc2ccccc2SC(F)(F)F)ncc1[N+](=O)[O-]. The van der Waals surface area contributed by atoms with E-state index in [0.29, 0.717) is 12.1 Å². The zero-order valence-electron chi connectivity index (χ0n) is 16.9. The molecule has 1 unspecified atom stereocenters. The number of anilines is 2. The summed E-state index contributed by atoms with van der Waals surface area (Å²) in [5.41, 5.74) is -4.23. The third-order valence-electron chi connectivity index (χ3n) is 5.03. The van der Waals surface area contributed by atoms with Gasteiger partial charge in [-0.25, -0.2) is 4.98 Å². The van der Waals surface area contributed by atoms with Gasteiger partial charge in [-0.05, 0) is 49.8 Å². The first kappa shape index (κ1) is 23.1. The second-order valence-electron chi connectivity index (χ2n) is 7.20. The zero-order chi connectivity index (χ0) is 22.4. The summed E-state index contributed by atoms with van der Waals surface area (Å²) in [5, 5.41) is 17.3. The van der Waals surface area contributed by atoms with E-state index in [-0.39, 0.29) is 46.7 Å². The first-order valence-corrected chi connectivity index (χ1v) is 10.6. The van der Waals surface area contributed by atoms with Crippen molar-refractivity contribution >= 4 is 29.2 Å². The van der Waals surface area contributed by atoms with Crippen LogP contribution in [0.25, 0.3) is 0 Å². The molecule has 0 aliphatic carbocycles. The van der Waals surface area contributed by atoms with Crippen molar-refractivity contribution in [3.63, 3.8) is 0 Å². The van der Waals surface area contributed by atoms with Crippen LogP contribution in [-0.2, 0) is 6.54 Å². The summed E-state index contributed by atoms with van der Waals surface area (Å²) in [6.07, 6.45) is 4.31. The Morgan fingerprint density at radius 3 is 2.77 bits per heavy atom. The third-order valence-corrected chi connectivity index (χ3v) is 5.88. The first-order chi connectivity index (χ1) is 14.7. The number of alkyl halides is 3. The smallest absolute Gasteiger partial charge is 0.363 e. The van der Waals surface area contributed by atoms with Gasteiger partial charge in [0.05, 0.1) is 4.92 Å². The van der Waals surface area contributed by atoms with Gasteiger partial charge in [-0.3, -0.25) is 10.1 Å². The Kier molecular flexibility index (Phi) is 7.55. The number of likely N-dealkylation sites (N-methyl/N-ethyl adjacent to an activating group) is 1. The minimum absolute atomic E-state index is 0.0435. The van der Waals surface area contributed by atoms with Crippen LogP contribution in [0, 0.1) is 10.1 Å². The molecule has 168 valence electrons. The number of nitrogens with one attached hydrogen (secondary N) is 2. The first-order valence-electron chi connectivity index (χ1n) is 9.76. The van der Waals surface area contributed by atoms with Crippen molar-refractivity contribution in [1.82, 2.24) is 14.9 Å². The maximum absolute atomic E-state index is 12.8. The van der Waals surface area contributed by atoms with E-state index < -0.39 is 10.4 Å². The molecule has 12 heteroatoms. The predicted octanol–water partition coefficient (Wildman–Crippen LogP) is 4.51. The molecule has 31 heavy (non-hydrogen) atoms. The van der Waals surface area contributed by atoms with Crippen molar-refractivity contribution in [3.8, 4) is 0 Å². The molecule has 2 aromatic rings. The van der Waals surface area contributed by atoms with Gasteiger partial charge in [-0.1, -0.05) is 24.6 Å². The number of halogens is 3. The van der Waals surface area contributed by atoms with Gasteiger partial charge in [-0.15, -0.1) is 0 Å². The van der Waals surface area contributed by atoms with Crippen molar-refractivity contribution in [2.24, 2.45) is 0 Å². The van der Waals surface area contributed by atoms with E-state index in [1.54, 1.807) is 12.1 Å². The van der Waals surface area contributed by atoms with Crippen LogP contribution in [-0.4, -0.2) is 51.5 Å². The molecule has 1 aromatic carbocycles. The van der Waals surface area contributed by atoms with Crippen LogP contribution in [0.2, 0.25) is 0 Å². The fraction of sp³-hybridized carbons (Fsp3) is 0.474. The van der Waals surface area contributed by atoms with Crippen LogP contribution in [0.3, 0.4) is 0 Å². The van der Waals surface area contributed by atoms with Gasteiger partial charge in [-0.2, -0.15) is 18.2 Å². The van der Waals surface area contributed by atoms with Gasteiger partial charge in [0.1, 0.15) is 6.20 Å². The number of piperidine rings is 1. The molecule has 1 atom stereocenters. The van der Waals surface area contributed by atoms with E-state index >= 15 is 0 Å². The van der Waals surface area contributed by atoms with Gasteiger partial charge >= 0.3 is 11.2 Å². The number of nitrogens with zero attached hydrogens (tertiary/aromatic N) is 4. The van der Waals surface area contributed by atoms with Gasteiger partial charge in [0.2, 0.25) is 11.8 Å². The van der Waals surface area contributed by atoms with Crippen LogP contribution in [0.4, 0.5) is 30.6 Å². The van der Waals surface area contributed by atoms with Crippen molar-refractivity contribution in [2.45, 2.75) is 42.3 Å². The fourth-order valence-corrected chi connectivity index (χ4v) is 4.06. The second kappa shape index (κ2) is 10.1. The summed E-state index contributed by atoms with van der Waals surface area (Å²) in [5.74, 6) is 0.177. The summed E-state index contributed by atoms with van der Waals surface area (Å²) in [7, 11) is 2.02. The van der Waals surface area contributed by atoms with Crippen LogP contribution in [0.15, 0.2) is 35.4 Å². The summed E-state index contributed by atoms with van der Waals surface area (Å²) in [6, 6.07) is 6.38. The van der Waals surface area contributed by atoms with Crippen molar-refractivity contribution in [2.75, 3.05) is 30.8 Å². The van der Waals surface area contributed by atoms with Crippen LogP contribution >= 0.6 is 11.8 Å². The molecule has 0 amide bonds. The van der Waals surface area contributed by atoms with Crippen LogP contribution in [0.5, 0.6) is 0 Å². The monoisotopic (exact) mass is 456 g/mol. The topological polar surface area (TPSA) is 96.2 Å². The number of aromatic nitrogens is 2. The van der Waals surface area contributed by atoms with E-state index in [1.165, 1.54) is 12.1 Å². The fourth-order valence-electron chi connectivity index (χ4n) is 3.39. The summed E-state index contributed by atoms with van der Waals surface area (Å²) >= 11 is -0.191. The normalized spacial score (nSPS) is 17.4. The molecule has 1 aliphatic heterocycles. The number of hydrogen-bond donors (Lipinski definition) is 2. The quantitative estimate of drug-likeness (QED) is 0.340. The Morgan fingerprint density at radius 1 is 1.29 bits per heavy atom. The number of likely N-dealkylation sites (tertiary alicyclic amines) is 1. The number of benzene rings is 1. The molecule has 2 N–H and O–H groups in total. The largest absolute Gasteiger partial charge is 0.446 e. The van der Waals surface area contributed by atoms with E-state index in [1.807, 2.05) is 7.05 Å². The molecule has 0 saturated carbocycles. The highest BCUT2D eigenvalue weighted by molar-refractivity contribution is 8.00. The van der Waals surface area contributed by atoms with Crippen molar-refractivity contribution in [3.05, 3.63) is 46.1 Å². The Bertz CT molecular complexity index is 914. The standard InChI is InChI=1S/C19H23F3N6O2S/c1-27-9-5-4-7-14(27)11-23-17-15(28(29)30)12-25-18(26-17)24-10-13-6-2-3-8-16(13)31-19(20,21)22/h2-3,6,8,12,14H,4-5,7,9-11H2,1H3,(H2,23,24,25,26). The molecule has 3 rings (SSSR count). The molecular formula is C19H23F3N6O2S. The lowest BCUT2D eigenvalue weighted by Gasteiger charge is -2.32. The van der Waals surface area contributed by atoms with Crippen LogP contribution < -0.4 is 10.6 Å². The van der Waals surface area contributed by atoms with Crippen molar-refractivity contribution < 1.29 is 18.1 Å². The number of hydrogen-bond acceptors (Lipinski definition) is 8. The maximum atomic E-state index is 12.8. The van der Waals surface area contributed by atoms with Crippen molar-refractivity contribution in [1.29, 1.82) is 0 Å². The molecule has 8 nitrogen and oxygen atoms in total. The lowest BCUT2D eigenvalue weighted by atomic mass is 10.0. The van der Waals surface area contributed by atoms with E-state index in [4.69, 9.17) is 0 Å². The second-order valence-corrected chi connectivity index (χ2v) is 8.31. The van der Waals surface area contributed by atoms with Gasteiger partial charge in [0.25, 0.3) is 0 Å². The molecule has 1 fully saturated rings. The molecule has 1 aromatic heterocycles. The number of thioether (sulfide) groups is 1. The average Bonchev–Trinajstić information content (AvgIpc) is 2.71. The molecule has 1 aliphatic rings. The molecule has 2 heterocycles. The van der Waals surface area contributed by atoms with Gasteiger partial charge in [0, 0.05) is 24.0 Å². The lowest BCUT2D eigenvalue weighted by Crippen LogP contribution is -2.40. The highest BCUT2D eigenvalue weighted by atomic mass is 32.2. The number of rotatable bonds is 8. The predicted molar refractivity (Wildman–Crippen MR) is 113 cm³/mol. The molecular weight excluding hydrogens is 433 g/mol. The van der Waals surface area contributed by atoms with Gasteiger partial charge in [0.15, 0.2) is 0 Å². The molecule has 1 saturated heterocycles. The highest BCUT2D eigenvalue weighted by Crippen LogP contribution is 2.38. The summed E-state index contributed by atoms with van der Waals surface area (Å²) < 4.78 is 38.3. The van der Waals surface area contributed by atoms with Gasteiger partial charge < -0.3 is 15.5 Å². The number of nitro groups is 1. The maximum Gasteiger partial charge on any atom is 0.446 e. The molecule has 0 radical (unpaired) electrons. The summed E-state index contributed by atoms with van der Waals surface area (Å²) in [6.45, 7) is 1.51. The Morgan fingerprint density at radius 2 is 2.06 bits per heavy atom. The Hall–Kier alpha value is -2.60. The lowest BCUT2D eigenvalue weighted by molar-refractivity contribution is -0.384. The highest BCUT2D eigenvalue weighted by Gasteiger charge is 2.30. The average molecular weight is 456 g/mol. The summed E-state index contributed by atoms with van der Waals surface area (Å²) in [4.78, 5) is 21.2. The van der Waals surface area contributed by atoms with E-state index in [0.717, 1.165) is 32.0 Å². The van der Waals surface area contributed by atoms with E-state index in [2.05, 4.69) is 25.5 Å². The minimum Gasteiger partial charge on any atom is -0.363 e. The Balaban J connectivity index is 1.71. The van der Waals surface area contributed by atoms with E-state index in [9.17, 15) is 23.3 Å². The minimum atomic E-state index is -4.40. The molecule has 0 spiro atoms. The zero-order valence-corrected chi connectivity index (χ0v) is 17.7. The Labute approximate surface area is 181 Å². The van der Waals surface area contributed by atoms with Crippen LogP contribution in [0.1, 0.15) is 24.8 Å². The molecule has 0 bridgehead atoms.